The molecule has 13 heavy (non-hydrogen) atoms. The van der Waals surface area contributed by atoms with Gasteiger partial charge in [0, 0.05) is 11.9 Å². The van der Waals surface area contributed by atoms with Gasteiger partial charge >= 0.3 is 0 Å². The molecule has 2 rings (SSSR count). The van der Waals surface area contributed by atoms with Gasteiger partial charge in [-0.1, -0.05) is 6.07 Å². The van der Waals surface area contributed by atoms with E-state index in [9.17, 15) is 5.11 Å². The molecule has 1 N–H and O–H groups in total. The molecule has 0 amide bonds. The smallest absolute Gasteiger partial charge is 0.0833 e. The first-order chi connectivity index (χ1) is 6.18. The lowest BCUT2D eigenvalue weighted by molar-refractivity contribution is 0.153. The number of hydrogen-bond acceptors (Lipinski definition) is 2. The van der Waals surface area contributed by atoms with Crippen molar-refractivity contribution < 1.29 is 5.11 Å². The second-order valence-electron chi connectivity index (χ2n) is 3.95. The van der Waals surface area contributed by atoms with Crippen LogP contribution in [-0.4, -0.2) is 10.1 Å². The highest BCUT2D eigenvalue weighted by Gasteiger charge is 2.30. The standard InChI is InChI=1S/C11H15NO/c1-7-5-10(6-12-8(7)2)11(13)9-3-4-9/h5-6,9,11,13H,3-4H2,1-2H3. The molecule has 1 unspecified atom stereocenters. The van der Waals surface area contributed by atoms with Crippen LogP contribution in [-0.2, 0) is 0 Å². The summed E-state index contributed by atoms with van der Waals surface area (Å²) in [7, 11) is 0. The summed E-state index contributed by atoms with van der Waals surface area (Å²) < 4.78 is 0. The normalized spacial score (nSPS) is 18.7. The van der Waals surface area contributed by atoms with E-state index >= 15 is 0 Å². The maximum Gasteiger partial charge on any atom is 0.0833 e. The maximum absolute atomic E-state index is 9.84. The number of aromatic nitrogens is 1. The molecule has 70 valence electrons. The number of nitrogens with zero attached hydrogens (tertiary/aromatic N) is 1. The Morgan fingerprint density at radius 1 is 1.46 bits per heavy atom. The van der Waals surface area contributed by atoms with Gasteiger partial charge in [0.25, 0.3) is 0 Å². The molecule has 1 saturated carbocycles. The Morgan fingerprint density at radius 3 is 2.69 bits per heavy atom. The fourth-order valence-electron chi connectivity index (χ4n) is 1.51. The van der Waals surface area contributed by atoms with E-state index in [1.807, 2.05) is 19.9 Å². The molecular weight excluding hydrogens is 162 g/mol. The summed E-state index contributed by atoms with van der Waals surface area (Å²) in [5, 5.41) is 9.84. The molecule has 1 atom stereocenters. The third-order valence-electron chi connectivity index (χ3n) is 2.77. The summed E-state index contributed by atoms with van der Waals surface area (Å²) in [6, 6.07) is 2.05. The van der Waals surface area contributed by atoms with Crippen LogP contribution in [0.4, 0.5) is 0 Å². The van der Waals surface area contributed by atoms with Crippen molar-refractivity contribution in [3.05, 3.63) is 29.1 Å². The van der Waals surface area contributed by atoms with E-state index in [-0.39, 0.29) is 6.10 Å². The highest BCUT2D eigenvalue weighted by Crippen LogP contribution is 2.40. The first-order valence-corrected chi connectivity index (χ1v) is 4.79. The Hall–Kier alpha value is -0.890. The molecule has 1 aromatic rings. The van der Waals surface area contributed by atoms with Gasteiger partial charge in [0.2, 0.25) is 0 Å². The molecule has 0 spiro atoms. The van der Waals surface area contributed by atoms with Crippen molar-refractivity contribution >= 4 is 0 Å². The van der Waals surface area contributed by atoms with E-state index in [4.69, 9.17) is 0 Å². The minimum Gasteiger partial charge on any atom is -0.388 e. The molecule has 0 aliphatic heterocycles. The fourth-order valence-corrected chi connectivity index (χ4v) is 1.51. The summed E-state index contributed by atoms with van der Waals surface area (Å²) in [6.45, 7) is 4.02. The third-order valence-corrected chi connectivity index (χ3v) is 2.77. The second-order valence-corrected chi connectivity index (χ2v) is 3.95. The number of hydrogen-bond donors (Lipinski definition) is 1. The van der Waals surface area contributed by atoms with Gasteiger partial charge in [-0.05, 0) is 43.7 Å². The molecule has 2 heteroatoms. The highest BCUT2D eigenvalue weighted by molar-refractivity contribution is 5.25. The summed E-state index contributed by atoms with van der Waals surface area (Å²) in [6.07, 6.45) is 3.83. The zero-order valence-corrected chi connectivity index (χ0v) is 8.12. The number of rotatable bonds is 2. The van der Waals surface area contributed by atoms with E-state index in [0.717, 1.165) is 29.7 Å². The number of aryl methyl sites for hydroxylation is 2. The molecule has 0 aromatic carbocycles. The quantitative estimate of drug-likeness (QED) is 0.750. The van der Waals surface area contributed by atoms with Crippen LogP contribution in [0.2, 0.25) is 0 Å². The van der Waals surface area contributed by atoms with Crippen LogP contribution in [0.15, 0.2) is 12.3 Å². The van der Waals surface area contributed by atoms with E-state index < -0.39 is 0 Å². The Morgan fingerprint density at radius 2 is 2.15 bits per heavy atom. The summed E-state index contributed by atoms with van der Waals surface area (Å²) in [4.78, 5) is 4.25. The van der Waals surface area contributed by atoms with Crippen LogP contribution in [0, 0.1) is 19.8 Å². The van der Waals surface area contributed by atoms with Gasteiger partial charge in [-0.25, -0.2) is 0 Å². The van der Waals surface area contributed by atoms with Crippen LogP contribution in [0.5, 0.6) is 0 Å². The van der Waals surface area contributed by atoms with Gasteiger partial charge in [0.1, 0.15) is 0 Å². The van der Waals surface area contributed by atoms with Crippen LogP contribution in [0.1, 0.15) is 35.8 Å². The lowest BCUT2D eigenvalue weighted by atomic mass is 10.1. The lowest BCUT2D eigenvalue weighted by Crippen LogP contribution is -2.01. The van der Waals surface area contributed by atoms with E-state index in [1.165, 1.54) is 0 Å². The predicted molar refractivity (Wildman–Crippen MR) is 51.4 cm³/mol. The van der Waals surface area contributed by atoms with Crippen molar-refractivity contribution in [1.29, 1.82) is 0 Å². The molecule has 1 fully saturated rings. The summed E-state index contributed by atoms with van der Waals surface area (Å²) in [5.74, 6) is 0.490. The first-order valence-electron chi connectivity index (χ1n) is 4.79. The zero-order chi connectivity index (χ0) is 9.42. The Bertz CT molecular complexity index is 318. The van der Waals surface area contributed by atoms with E-state index in [0.29, 0.717) is 5.92 Å². The molecular formula is C11H15NO. The molecule has 0 bridgehead atoms. The van der Waals surface area contributed by atoms with Gasteiger partial charge in [0.05, 0.1) is 6.10 Å². The monoisotopic (exact) mass is 177 g/mol. The number of aliphatic hydroxyl groups is 1. The Kier molecular flexibility index (Phi) is 2.08. The molecule has 2 nitrogen and oxygen atoms in total. The van der Waals surface area contributed by atoms with Crippen LogP contribution < -0.4 is 0 Å². The van der Waals surface area contributed by atoms with Crippen molar-refractivity contribution in [2.75, 3.05) is 0 Å². The molecule has 1 aromatic heterocycles. The van der Waals surface area contributed by atoms with Crippen molar-refractivity contribution in [2.24, 2.45) is 5.92 Å². The van der Waals surface area contributed by atoms with Gasteiger partial charge in [0.15, 0.2) is 0 Å². The van der Waals surface area contributed by atoms with Crippen molar-refractivity contribution in [1.82, 2.24) is 4.98 Å². The Balaban J connectivity index is 2.24. The number of pyridine rings is 1. The molecule has 1 heterocycles. The second kappa shape index (κ2) is 3.11. The zero-order valence-electron chi connectivity index (χ0n) is 8.12. The van der Waals surface area contributed by atoms with Gasteiger partial charge in [-0.2, -0.15) is 0 Å². The minimum absolute atomic E-state index is 0.285. The van der Waals surface area contributed by atoms with Crippen molar-refractivity contribution in [3.63, 3.8) is 0 Å². The molecule has 0 radical (unpaired) electrons. The van der Waals surface area contributed by atoms with Crippen molar-refractivity contribution in [2.45, 2.75) is 32.8 Å². The lowest BCUT2D eigenvalue weighted by Gasteiger charge is -2.10. The van der Waals surface area contributed by atoms with E-state index in [2.05, 4.69) is 4.98 Å². The van der Waals surface area contributed by atoms with Gasteiger partial charge < -0.3 is 5.11 Å². The topological polar surface area (TPSA) is 33.1 Å². The van der Waals surface area contributed by atoms with E-state index in [1.54, 1.807) is 6.20 Å². The SMILES string of the molecule is Cc1cc(C(O)C2CC2)cnc1C. The highest BCUT2D eigenvalue weighted by atomic mass is 16.3. The van der Waals surface area contributed by atoms with Crippen LogP contribution in [0.3, 0.4) is 0 Å². The largest absolute Gasteiger partial charge is 0.388 e. The molecule has 1 aliphatic rings. The third kappa shape index (κ3) is 1.73. The maximum atomic E-state index is 9.84. The molecule has 0 saturated heterocycles. The predicted octanol–water partition coefficient (Wildman–Crippen LogP) is 2.14. The first kappa shape index (κ1) is 8.70. The summed E-state index contributed by atoms with van der Waals surface area (Å²) in [5.41, 5.74) is 3.19. The van der Waals surface area contributed by atoms with Gasteiger partial charge in [-0.3, -0.25) is 4.98 Å². The minimum atomic E-state index is -0.285. The average Bonchev–Trinajstić information content (AvgIpc) is 2.91. The van der Waals surface area contributed by atoms with Crippen molar-refractivity contribution in [3.8, 4) is 0 Å². The summed E-state index contributed by atoms with van der Waals surface area (Å²) >= 11 is 0. The Labute approximate surface area is 78.6 Å². The van der Waals surface area contributed by atoms with Crippen LogP contribution >= 0.6 is 0 Å². The average molecular weight is 177 g/mol. The van der Waals surface area contributed by atoms with Crippen LogP contribution in [0.25, 0.3) is 0 Å². The molecule has 1 aliphatic carbocycles. The number of aliphatic hydroxyl groups excluding tert-OH is 1. The van der Waals surface area contributed by atoms with Gasteiger partial charge in [-0.15, -0.1) is 0 Å². The fraction of sp³-hybridized carbons (Fsp3) is 0.545.